The standard InChI is InChI=1S/C48H36O9P2/c1-48(2)51-46-45(57-59-55-38-25-21-30-13-5-9-17-34(30)43(38)44-35-18-10-6-14-31(35)22-26-39(44)56-59)40(50-47(46)52-48)27-49-58-53-36-23-19-28-11-3-7-15-32(28)41(36)42-33-16-8-4-12-29(33)20-24-37(42)54-58/h3-26,40,45-47H,27H2,1-2H3/t40-,45+,46-,47-/m1/s1. The molecule has 10 aromatic rings. The number of hydrogen-bond acceptors (Lipinski definition) is 9. The van der Waals surface area contributed by atoms with Gasteiger partial charge in [-0.2, -0.15) is 0 Å². The van der Waals surface area contributed by atoms with Gasteiger partial charge >= 0.3 is 16.5 Å². The highest BCUT2D eigenvalue weighted by Gasteiger charge is 2.56. The van der Waals surface area contributed by atoms with E-state index in [-0.39, 0.29) is 6.61 Å². The molecule has 0 amide bonds. The van der Waals surface area contributed by atoms with Gasteiger partial charge in [0.05, 0.1) is 6.61 Å². The fourth-order valence-corrected chi connectivity index (χ4v) is 11.1. The Morgan fingerprint density at radius 3 is 1.29 bits per heavy atom. The highest BCUT2D eigenvalue weighted by atomic mass is 31.1. The lowest BCUT2D eigenvalue weighted by atomic mass is 9.99. The van der Waals surface area contributed by atoms with E-state index < -0.39 is 46.9 Å². The minimum absolute atomic E-state index is 0.0496. The lowest BCUT2D eigenvalue weighted by Gasteiger charge is -2.24. The lowest BCUT2D eigenvalue weighted by Crippen LogP contribution is -2.41. The van der Waals surface area contributed by atoms with Crippen molar-refractivity contribution in [1.82, 2.24) is 0 Å². The number of fused-ring (bicyclic) bond motifs is 15. The summed E-state index contributed by atoms with van der Waals surface area (Å²) < 4.78 is 59.5. The van der Waals surface area contributed by atoms with Crippen molar-refractivity contribution in [2.45, 2.75) is 44.2 Å². The molecule has 0 aliphatic carbocycles. The predicted octanol–water partition coefficient (Wildman–Crippen LogP) is 13.3. The van der Waals surface area contributed by atoms with Crippen LogP contribution in [-0.4, -0.2) is 37.0 Å². The van der Waals surface area contributed by atoms with E-state index >= 15 is 0 Å². The van der Waals surface area contributed by atoms with Crippen LogP contribution < -0.4 is 9.05 Å². The zero-order valence-electron chi connectivity index (χ0n) is 31.9. The molecule has 0 N–H and O–H groups in total. The molecule has 2 fully saturated rings. The van der Waals surface area contributed by atoms with E-state index in [2.05, 4.69) is 72.8 Å². The second-order valence-electron chi connectivity index (χ2n) is 15.5. The fourth-order valence-electron chi connectivity index (χ4n) is 8.84. The van der Waals surface area contributed by atoms with Crippen LogP contribution in [0, 0.1) is 0 Å². The first-order valence-corrected chi connectivity index (χ1v) is 21.8. The third kappa shape index (κ3) is 5.96. The minimum Gasteiger partial charge on any atom is -0.399 e. The van der Waals surface area contributed by atoms with Gasteiger partial charge in [0.15, 0.2) is 12.1 Å². The lowest BCUT2D eigenvalue weighted by molar-refractivity contribution is -0.213. The van der Waals surface area contributed by atoms with Gasteiger partial charge in [-0.05, 0) is 81.2 Å². The van der Waals surface area contributed by atoms with Gasteiger partial charge in [-0.3, -0.25) is 9.05 Å². The maximum atomic E-state index is 6.90. The van der Waals surface area contributed by atoms with Gasteiger partial charge in [-0.1, -0.05) is 121 Å². The summed E-state index contributed by atoms with van der Waals surface area (Å²) >= 11 is 0. The first kappa shape index (κ1) is 35.4. The summed E-state index contributed by atoms with van der Waals surface area (Å²) in [6, 6.07) is 49.5. The number of ether oxygens (including phenoxy) is 3. The Labute approximate surface area is 338 Å². The Morgan fingerprint density at radius 1 is 0.475 bits per heavy atom. The van der Waals surface area contributed by atoms with Gasteiger partial charge in [0.1, 0.15) is 40.6 Å². The number of rotatable bonds is 5. The van der Waals surface area contributed by atoms with Crippen molar-refractivity contribution in [2.24, 2.45) is 0 Å². The average molecular weight is 819 g/mol. The molecule has 9 nitrogen and oxygen atoms in total. The Morgan fingerprint density at radius 2 is 0.864 bits per heavy atom. The van der Waals surface area contributed by atoms with Crippen molar-refractivity contribution < 1.29 is 40.0 Å². The topological polar surface area (TPSA) is 98.7 Å². The maximum Gasteiger partial charge on any atom is 0.387 e. The summed E-state index contributed by atoms with van der Waals surface area (Å²) in [5.41, 5.74) is 2.68. The molecule has 0 unspecified atom stereocenters. The molecule has 2 aromatic heterocycles. The third-order valence-corrected chi connectivity index (χ3v) is 13.6. The molecule has 2 aliphatic rings. The quantitative estimate of drug-likeness (QED) is 0.168. The van der Waals surface area contributed by atoms with Crippen LogP contribution in [0.1, 0.15) is 13.8 Å². The predicted molar refractivity (Wildman–Crippen MR) is 233 cm³/mol. The Balaban J connectivity index is 0.975. The van der Waals surface area contributed by atoms with E-state index in [9.17, 15) is 0 Å². The Kier molecular flexibility index (Phi) is 8.23. The molecule has 8 aromatic carbocycles. The fraction of sp³-hybridized carbons (Fsp3) is 0.167. The number of benzene rings is 8. The highest BCUT2D eigenvalue weighted by molar-refractivity contribution is 7.32. The molecule has 0 bridgehead atoms. The van der Waals surface area contributed by atoms with E-state index in [1.54, 1.807) is 0 Å². The summed E-state index contributed by atoms with van der Waals surface area (Å²) in [4.78, 5) is 0. The largest absolute Gasteiger partial charge is 0.399 e. The van der Waals surface area contributed by atoms with E-state index in [4.69, 9.17) is 40.0 Å². The van der Waals surface area contributed by atoms with Gasteiger partial charge in [0.2, 0.25) is 0 Å². The second-order valence-corrected chi connectivity index (χ2v) is 17.6. The van der Waals surface area contributed by atoms with Crippen molar-refractivity contribution in [3.8, 4) is 0 Å². The zero-order valence-corrected chi connectivity index (χ0v) is 33.7. The van der Waals surface area contributed by atoms with Gasteiger partial charge in [0.25, 0.3) is 0 Å². The van der Waals surface area contributed by atoms with Crippen molar-refractivity contribution >= 4 is 103 Å². The van der Waals surface area contributed by atoms with Crippen LogP contribution in [0.3, 0.4) is 0 Å². The molecule has 11 heteroatoms. The molecule has 0 saturated carbocycles. The van der Waals surface area contributed by atoms with Gasteiger partial charge in [0, 0.05) is 21.5 Å². The van der Waals surface area contributed by atoms with Crippen LogP contribution in [0.5, 0.6) is 0 Å². The van der Waals surface area contributed by atoms with Gasteiger partial charge < -0.3 is 31.0 Å². The molecule has 0 radical (unpaired) electrons. The van der Waals surface area contributed by atoms with Crippen molar-refractivity contribution in [2.75, 3.05) is 6.61 Å². The first-order chi connectivity index (χ1) is 28.9. The molecule has 0 spiro atoms. The van der Waals surface area contributed by atoms with Gasteiger partial charge in [-0.15, -0.1) is 0 Å². The van der Waals surface area contributed by atoms with Crippen molar-refractivity contribution in [3.05, 3.63) is 146 Å². The molecule has 292 valence electrons. The molecule has 4 heterocycles. The molecule has 12 rings (SSSR count). The van der Waals surface area contributed by atoms with Crippen LogP contribution in [0.2, 0.25) is 0 Å². The van der Waals surface area contributed by atoms with Crippen molar-refractivity contribution in [3.63, 3.8) is 0 Å². The van der Waals surface area contributed by atoms with Crippen LogP contribution >= 0.6 is 16.5 Å². The molecule has 2 saturated heterocycles. The summed E-state index contributed by atoms with van der Waals surface area (Å²) in [5, 5.41) is 12.5. The molecule has 2 aliphatic heterocycles. The second kappa shape index (κ2) is 13.7. The normalized spacial score (nSPS) is 20.2. The molecule has 59 heavy (non-hydrogen) atoms. The number of hydrogen-bond donors (Lipinski definition) is 0. The molecule has 4 atom stereocenters. The average Bonchev–Trinajstić information content (AvgIpc) is 3.57. The summed E-state index contributed by atoms with van der Waals surface area (Å²) in [7, 11) is -3.99. The van der Waals surface area contributed by atoms with Crippen molar-refractivity contribution in [1.29, 1.82) is 0 Å². The minimum atomic E-state index is -2.04. The Hall–Kier alpha value is -5.60. The Bertz CT molecular complexity index is 3200. The summed E-state index contributed by atoms with van der Waals surface area (Å²) in [6.45, 7) is 3.78. The van der Waals surface area contributed by atoms with Crippen LogP contribution in [0.15, 0.2) is 162 Å². The SMILES string of the molecule is CC1(C)O[C@H]2O[C@H](COp3oc4ccc5ccccc5c4c4c(ccc5ccccc54)o3)[C@H](Op3oc4ccc5ccccc5c4c4c(ccc5ccccc54)o3)[C@H]2O1. The maximum absolute atomic E-state index is 6.90. The monoisotopic (exact) mass is 818 g/mol. The van der Waals surface area contributed by atoms with Crippen LogP contribution in [-0.2, 0) is 14.2 Å². The van der Waals surface area contributed by atoms with E-state index in [1.165, 1.54) is 0 Å². The highest BCUT2D eigenvalue weighted by Crippen LogP contribution is 2.46. The summed E-state index contributed by atoms with van der Waals surface area (Å²) in [5.74, 6) is -0.894. The van der Waals surface area contributed by atoms with Crippen LogP contribution in [0.4, 0.5) is 0 Å². The van der Waals surface area contributed by atoms with E-state index in [1.807, 2.05) is 86.6 Å². The smallest absolute Gasteiger partial charge is 0.387 e. The van der Waals surface area contributed by atoms with E-state index in [0.717, 1.165) is 64.6 Å². The third-order valence-electron chi connectivity index (χ3n) is 11.4. The summed E-state index contributed by atoms with van der Waals surface area (Å²) in [6.07, 6.45) is -2.66. The zero-order chi connectivity index (χ0) is 39.2. The molecular formula is C48H36O9P2. The first-order valence-electron chi connectivity index (χ1n) is 19.6. The van der Waals surface area contributed by atoms with Crippen LogP contribution in [0.25, 0.3) is 87.0 Å². The van der Waals surface area contributed by atoms with Gasteiger partial charge in [-0.25, -0.2) is 0 Å². The molecular weight excluding hydrogens is 782 g/mol. The van der Waals surface area contributed by atoms with E-state index in [0.29, 0.717) is 22.3 Å².